The van der Waals surface area contributed by atoms with Gasteiger partial charge in [0.05, 0.1) is 31.1 Å². The first-order valence-electron chi connectivity index (χ1n) is 9.10. The van der Waals surface area contributed by atoms with Crippen molar-refractivity contribution in [2.45, 2.75) is 19.6 Å². The summed E-state index contributed by atoms with van der Waals surface area (Å²) in [7, 11) is 0. The van der Waals surface area contributed by atoms with Crippen LogP contribution in [0.15, 0.2) is 54.6 Å². The fourth-order valence-electron chi connectivity index (χ4n) is 3.26. The predicted octanol–water partition coefficient (Wildman–Crippen LogP) is 1.29. The molecule has 7 nitrogen and oxygen atoms in total. The molecule has 0 radical (unpaired) electrons. The number of nitrogens with one attached hydrogen (secondary N) is 1. The first kappa shape index (κ1) is 18.8. The molecule has 27 heavy (non-hydrogen) atoms. The largest absolute Gasteiger partial charge is 0.481 e. The van der Waals surface area contributed by atoms with E-state index in [1.165, 1.54) is 34.7 Å². The highest BCUT2D eigenvalue weighted by Crippen LogP contribution is 2.18. The van der Waals surface area contributed by atoms with Gasteiger partial charge in [0.1, 0.15) is 12.3 Å². The number of amides is 1. The fraction of sp³-hybridized carbons (Fsp3) is 0.350. The van der Waals surface area contributed by atoms with E-state index in [1.807, 2.05) is 23.1 Å². The van der Waals surface area contributed by atoms with Gasteiger partial charge in [-0.1, -0.05) is 30.3 Å². The monoisotopic (exact) mass is 370 g/mol. The lowest BCUT2D eigenvalue weighted by molar-refractivity contribution is -0.917. The van der Waals surface area contributed by atoms with Crippen LogP contribution in [0.2, 0.25) is 0 Å². The third-order valence-electron chi connectivity index (χ3n) is 4.79. The minimum atomic E-state index is -0.623. The van der Waals surface area contributed by atoms with Crippen LogP contribution in [0.25, 0.3) is 0 Å². The zero-order valence-corrected chi connectivity index (χ0v) is 15.3. The summed E-state index contributed by atoms with van der Waals surface area (Å²) in [6.45, 7) is 5.91. The average molecular weight is 370 g/mol. The van der Waals surface area contributed by atoms with Crippen LogP contribution in [0.1, 0.15) is 12.5 Å². The van der Waals surface area contributed by atoms with Crippen molar-refractivity contribution in [2.75, 3.05) is 26.2 Å². The van der Waals surface area contributed by atoms with Crippen LogP contribution in [-0.4, -0.2) is 48.0 Å². The number of nitro groups is 1. The summed E-state index contributed by atoms with van der Waals surface area (Å²) >= 11 is 0. The Bertz CT molecular complexity index is 772. The van der Waals surface area contributed by atoms with E-state index in [1.54, 1.807) is 6.92 Å². The molecule has 1 aliphatic rings. The zero-order chi connectivity index (χ0) is 19.2. The van der Waals surface area contributed by atoms with Gasteiger partial charge in [0, 0.05) is 17.7 Å². The molecule has 142 valence electrons. The number of piperazine rings is 1. The Morgan fingerprint density at radius 3 is 2.37 bits per heavy atom. The lowest BCUT2D eigenvalue weighted by Crippen LogP contribution is -3.13. The highest BCUT2D eigenvalue weighted by Gasteiger charge is 2.28. The van der Waals surface area contributed by atoms with E-state index in [2.05, 4.69) is 12.1 Å². The Labute approximate surface area is 158 Å². The van der Waals surface area contributed by atoms with Gasteiger partial charge in [-0.15, -0.1) is 0 Å². The topological polar surface area (TPSA) is 77.1 Å². The molecule has 1 amide bonds. The molecular weight excluding hydrogens is 346 g/mol. The van der Waals surface area contributed by atoms with Crippen LogP contribution in [0.3, 0.4) is 0 Å². The van der Waals surface area contributed by atoms with Gasteiger partial charge >= 0.3 is 0 Å². The van der Waals surface area contributed by atoms with E-state index in [9.17, 15) is 14.9 Å². The SMILES string of the molecule is C[C@H](Oc1ccc([N+](=O)[O-])cc1)C(=O)N1CC[NH+](Cc2ccccc2)CC1. The van der Waals surface area contributed by atoms with Crippen molar-refractivity contribution < 1.29 is 19.4 Å². The Morgan fingerprint density at radius 2 is 1.78 bits per heavy atom. The number of carbonyl (C=O) groups is 1. The van der Waals surface area contributed by atoms with Crippen LogP contribution >= 0.6 is 0 Å². The summed E-state index contributed by atoms with van der Waals surface area (Å²) < 4.78 is 5.67. The second kappa shape index (κ2) is 8.64. The first-order valence-corrected chi connectivity index (χ1v) is 9.10. The molecule has 0 aromatic heterocycles. The minimum absolute atomic E-state index is 0.00107. The van der Waals surface area contributed by atoms with Crippen LogP contribution in [0.4, 0.5) is 5.69 Å². The number of nitro benzene ring substituents is 1. The van der Waals surface area contributed by atoms with E-state index in [-0.39, 0.29) is 11.6 Å². The van der Waals surface area contributed by atoms with Crippen molar-refractivity contribution in [1.82, 2.24) is 4.90 Å². The number of non-ortho nitro benzene ring substituents is 1. The lowest BCUT2D eigenvalue weighted by atomic mass is 10.2. The molecule has 1 aliphatic heterocycles. The summed E-state index contributed by atoms with van der Waals surface area (Å²) in [5.74, 6) is 0.405. The molecule has 0 unspecified atom stereocenters. The number of carbonyl (C=O) groups excluding carboxylic acids is 1. The number of rotatable bonds is 6. The number of hydrogen-bond donors (Lipinski definition) is 1. The van der Waals surface area contributed by atoms with Crippen LogP contribution < -0.4 is 9.64 Å². The maximum absolute atomic E-state index is 12.6. The van der Waals surface area contributed by atoms with Gasteiger partial charge in [-0.2, -0.15) is 0 Å². The molecule has 2 aromatic carbocycles. The van der Waals surface area contributed by atoms with Crippen molar-refractivity contribution in [2.24, 2.45) is 0 Å². The third-order valence-corrected chi connectivity index (χ3v) is 4.79. The Hall–Kier alpha value is -2.93. The van der Waals surface area contributed by atoms with Crippen LogP contribution in [-0.2, 0) is 11.3 Å². The molecule has 1 N–H and O–H groups in total. The molecule has 2 aromatic rings. The molecule has 1 heterocycles. The molecule has 0 aliphatic carbocycles. The van der Waals surface area contributed by atoms with Crippen molar-refractivity contribution in [3.05, 3.63) is 70.3 Å². The zero-order valence-electron chi connectivity index (χ0n) is 15.3. The maximum atomic E-state index is 12.6. The van der Waals surface area contributed by atoms with Gasteiger partial charge in [0.15, 0.2) is 6.10 Å². The van der Waals surface area contributed by atoms with Crippen molar-refractivity contribution in [3.8, 4) is 5.75 Å². The van der Waals surface area contributed by atoms with Crippen LogP contribution in [0, 0.1) is 10.1 Å². The van der Waals surface area contributed by atoms with Gasteiger partial charge in [-0.05, 0) is 19.1 Å². The van der Waals surface area contributed by atoms with Crippen molar-refractivity contribution >= 4 is 11.6 Å². The number of quaternary nitrogens is 1. The lowest BCUT2D eigenvalue weighted by Gasteiger charge is -2.33. The van der Waals surface area contributed by atoms with E-state index < -0.39 is 11.0 Å². The number of nitrogens with zero attached hydrogens (tertiary/aromatic N) is 2. The Balaban J connectivity index is 1.48. The van der Waals surface area contributed by atoms with Crippen molar-refractivity contribution in [1.29, 1.82) is 0 Å². The smallest absolute Gasteiger partial charge is 0.269 e. The average Bonchev–Trinajstić information content (AvgIpc) is 2.69. The normalized spacial score (nSPS) is 16.0. The van der Waals surface area contributed by atoms with Gasteiger partial charge in [-0.3, -0.25) is 14.9 Å². The molecule has 0 bridgehead atoms. The summed E-state index contributed by atoms with van der Waals surface area (Å²) in [5.41, 5.74) is 1.31. The summed E-state index contributed by atoms with van der Waals surface area (Å²) in [5, 5.41) is 10.7. The molecule has 7 heteroatoms. The van der Waals surface area contributed by atoms with E-state index in [0.29, 0.717) is 18.8 Å². The van der Waals surface area contributed by atoms with Gasteiger partial charge in [-0.25, -0.2) is 0 Å². The highest BCUT2D eigenvalue weighted by molar-refractivity contribution is 5.81. The van der Waals surface area contributed by atoms with E-state index >= 15 is 0 Å². The molecule has 3 rings (SSSR count). The standard InChI is InChI=1S/C20H23N3O4/c1-16(27-19-9-7-18(8-10-19)23(25)26)20(24)22-13-11-21(12-14-22)15-17-5-3-2-4-6-17/h2-10,16H,11-15H2,1H3/p+1/t16-/m0/s1. The summed E-state index contributed by atoms with van der Waals surface area (Å²) in [6, 6.07) is 16.2. The summed E-state index contributed by atoms with van der Waals surface area (Å²) in [6.07, 6.45) is -0.623. The minimum Gasteiger partial charge on any atom is -0.481 e. The molecule has 1 fully saturated rings. The number of benzene rings is 2. The number of ether oxygens (including phenoxy) is 1. The van der Waals surface area contributed by atoms with Crippen LogP contribution in [0.5, 0.6) is 5.75 Å². The Kier molecular flexibility index (Phi) is 6.03. The van der Waals surface area contributed by atoms with E-state index in [0.717, 1.165) is 19.6 Å². The highest BCUT2D eigenvalue weighted by atomic mass is 16.6. The van der Waals surface area contributed by atoms with Gasteiger partial charge < -0.3 is 14.5 Å². The van der Waals surface area contributed by atoms with Gasteiger partial charge in [0.2, 0.25) is 0 Å². The molecule has 0 spiro atoms. The maximum Gasteiger partial charge on any atom is 0.269 e. The Morgan fingerprint density at radius 1 is 1.15 bits per heavy atom. The molecule has 0 saturated carbocycles. The quantitative estimate of drug-likeness (QED) is 0.614. The van der Waals surface area contributed by atoms with Crippen molar-refractivity contribution in [3.63, 3.8) is 0 Å². The number of hydrogen-bond acceptors (Lipinski definition) is 4. The second-order valence-electron chi connectivity index (χ2n) is 6.75. The molecular formula is C20H24N3O4+. The first-order chi connectivity index (χ1) is 13.0. The third kappa shape index (κ3) is 5.04. The summed E-state index contributed by atoms with van der Waals surface area (Å²) in [4.78, 5) is 26.2. The fourth-order valence-corrected chi connectivity index (χ4v) is 3.26. The molecule has 1 atom stereocenters. The predicted molar refractivity (Wildman–Crippen MR) is 101 cm³/mol. The second-order valence-corrected chi connectivity index (χ2v) is 6.75. The molecule has 1 saturated heterocycles. The van der Waals surface area contributed by atoms with E-state index in [4.69, 9.17) is 4.74 Å². The van der Waals surface area contributed by atoms with Gasteiger partial charge in [0.25, 0.3) is 11.6 Å².